The Morgan fingerprint density at radius 1 is 0.974 bits per heavy atom. The summed E-state index contributed by atoms with van der Waals surface area (Å²) in [7, 11) is 0. The number of para-hydroxylation sites is 2. The number of fused-ring (bicyclic) bond motifs is 1. The Morgan fingerprint density at radius 3 is 2.45 bits per heavy atom. The lowest BCUT2D eigenvalue weighted by Crippen LogP contribution is -2.32. The van der Waals surface area contributed by atoms with Crippen molar-refractivity contribution in [3.05, 3.63) is 123 Å². The van der Waals surface area contributed by atoms with Crippen LogP contribution in [-0.4, -0.2) is 33.0 Å². The Balaban J connectivity index is 1.32. The minimum Gasteiger partial charge on any atom is -0.484 e. The third-order valence-electron chi connectivity index (χ3n) is 6.09. The van der Waals surface area contributed by atoms with Crippen LogP contribution in [0.2, 0.25) is 0 Å². The highest BCUT2D eigenvalue weighted by Gasteiger charge is 2.11. The Labute approximate surface area is 217 Å². The summed E-state index contributed by atoms with van der Waals surface area (Å²) < 4.78 is 8.49. The average Bonchev–Trinajstić information content (AvgIpc) is 3.20. The second-order valence-corrected chi connectivity index (χ2v) is 8.70. The number of aromatic amines is 1. The molecule has 190 valence electrons. The third-order valence-corrected chi connectivity index (χ3v) is 6.09. The molecular formula is C29H25N5O4. The molecule has 5 aromatic rings. The molecule has 0 unspecified atom stereocenters. The van der Waals surface area contributed by atoms with Gasteiger partial charge in [0, 0.05) is 28.3 Å². The van der Waals surface area contributed by atoms with Crippen LogP contribution in [0.5, 0.6) is 5.75 Å². The van der Waals surface area contributed by atoms with Crippen LogP contribution in [0.4, 0.5) is 5.69 Å². The third kappa shape index (κ3) is 5.03. The minimum absolute atomic E-state index is 0.107. The maximum Gasteiger partial charge on any atom is 0.349 e. The number of benzene rings is 3. The molecule has 0 saturated heterocycles. The quantitative estimate of drug-likeness (QED) is 0.325. The Bertz CT molecular complexity index is 1760. The van der Waals surface area contributed by atoms with E-state index in [1.54, 1.807) is 36.4 Å². The van der Waals surface area contributed by atoms with E-state index in [4.69, 9.17) is 4.74 Å². The van der Waals surface area contributed by atoms with Gasteiger partial charge >= 0.3 is 5.69 Å². The normalized spacial score (nSPS) is 11.2. The van der Waals surface area contributed by atoms with Gasteiger partial charge < -0.3 is 19.6 Å². The monoisotopic (exact) mass is 507 g/mol. The second kappa shape index (κ2) is 10.4. The van der Waals surface area contributed by atoms with Gasteiger partial charge in [0.25, 0.3) is 11.5 Å². The zero-order chi connectivity index (χ0) is 26.6. The van der Waals surface area contributed by atoms with Gasteiger partial charge in [0.15, 0.2) is 6.61 Å². The van der Waals surface area contributed by atoms with Gasteiger partial charge in [-0.05, 0) is 68.4 Å². The van der Waals surface area contributed by atoms with E-state index in [2.05, 4.69) is 15.4 Å². The molecular weight excluding hydrogens is 482 g/mol. The van der Waals surface area contributed by atoms with Crippen LogP contribution in [0, 0.1) is 13.8 Å². The lowest BCUT2D eigenvalue weighted by atomic mass is 10.2. The van der Waals surface area contributed by atoms with E-state index < -0.39 is 11.2 Å². The molecule has 1 amide bonds. The highest BCUT2D eigenvalue weighted by molar-refractivity contribution is 5.91. The van der Waals surface area contributed by atoms with Crippen molar-refractivity contribution in [2.75, 3.05) is 11.9 Å². The van der Waals surface area contributed by atoms with Crippen molar-refractivity contribution in [1.29, 1.82) is 0 Å². The summed E-state index contributed by atoms with van der Waals surface area (Å²) in [5.41, 5.74) is 3.57. The standard InChI is InChI=1S/C29H25N5O4/c1-19-16-21(17-30-34-28(36)25-10-6-7-11-26(25)32-29(34)37)20(2)33(19)23-12-14-24(15-13-23)38-18-27(35)31-22-8-4-3-5-9-22/h3-17H,18H2,1-2H3,(H,31,35)(H,32,37). The van der Waals surface area contributed by atoms with E-state index in [1.165, 1.54) is 6.21 Å². The van der Waals surface area contributed by atoms with Gasteiger partial charge in [-0.1, -0.05) is 30.3 Å². The predicted octanol–water partition coefficient (Wildman–Crippen LogP) is 4.00. The molecule has 9 nitrogen and oxygen atoms in total. The molecule has 0 bridgehead atoms. The van der Waals surface area contributed by atoms with Crippen molar-refractivity contribution >= 4 is 28.7 Å². The van der Waals surface area contributed by atoms with Crippen molar-refractivity contribution in [3.8, 4) is 11.4 Å². The summed E-state index contributed by atoms with van der Waals surface area (Å²) in [6.45, 7) is 3.78. The van der Waals surface area contributed by atoms with Crippen LogP contribution >= 0.6 is 0 Å². The molecule has 0 atom stereocenters. The first-order valence-corrected chi connectivity index (χ1v) is 12.0. The molecule has 0 aliphatic rings. The molecule has 0 aliphatic carbocycles. The average molecular weight is 508 g/mol. The lowest BCUT2D eigenvalue weighted by molar-refractivity contribution is -0.118. The van der Waals surface area contributed by atoms with Gasteiger partial charge in [0.1, 0.15) is 5.75 Å². The molecule has 0 fully saturated rings. The molecule has 38 heavy (non-hydrogen) atoms. The van der Waals surface area contributed by atoms with Crippen LogP contribution in [0.15, 0.2) is 99.6 Å². The van der Waals surface area contributed by atoms with Crippen molar-refractivity contribution in [3.63, 3.8) is 0 Å². The van der Waals surface area contributed by atoms with Gasteiger partial charge in [-0.2, -0.15) is 5.10 Å². The van der Waals surface area contributed by atoms with E-state index in [-0.39, 0.29) is 12.5 Å². The fourth-order valence-electron chi connectivity index (χ4n) is 4.25. The summed E-state index contributed by atoms with van der Waals surface area (Å²) in [5.74, 6) is 0.321. The molecule has 3 aromatic carbocycles. The lowest BCUT2D eigenvalue weighted by Gasteiger charge is -2.11. The molecule has 0 saturated carbocycles. The number of ether oxygens (including phenoxy) is 1. The Hall–Kier alpha value is -5.18. The second-order valence-electron chi connectivity index (χ2n) is 8.70. The number of carbonyl (C=O) groups is 1. The van der Waals surface area contributed by atoms with E-state index in [1.807, 2.05) is 66.9 Å². The number of hydrogen-bond acceptors (Lipinski definition) is 5. The largest absolute Gasteiger partial charge is 0.484 e. The maximum absolute atomic E-state index is 12.8. The van der Waals surface area contributed by atoms with Gasteiger partial charge in [-0.3, -0.25) is 9.59 Å². The number of carbonyl (C=O) groups excluding carboxylic acids is 1. The fourth-order valence-corrected chi connectivity index (χ4v) is 4.25. The molecule has 2 aromatic heterocycles. The summed E-state index contributed by atoms with van der Waals surface area (Å²) in [6, 6.07) is 25.3. The van der Waals surface area contributed by atoms with Crippen molar-refractivity contribution in [2.45, 2.75) is 13.8 Å². The van der Waals surface area contributed by atoms with E-state index in [0.29, 0.717) is 22.3 Å². The van der Waals surface area contributed by atoms with Crippen molar-refractivity contribution < 1.29 is 9.53 Å². The van der Waals surface area contributed by atoms with Gasteiger partial charge in [0.2, 0.25) is 0 Å². The first-order chi connectivity index (χ1) is 18.4. The van der Waals surface area contributed by atoms with Crippen LogP contribution in [0.1, 0.15) is 17.0 Å². The fraction of sp³-hybridized carbons (Fsp3) is 0.103. The summed E-state index contributed by atoms with van der Waals surface area (Å²) in [5, 5.41) is 7.35. The minimum atomic E-state index is -0.605. The van der Waals surface area contributed by atoms with E-state index in [9.17, 15) is 14.4 Å². The topological polar surface area (TPSA) is 110 Å². The van der Waals surface area contributed by atoms with Crippen molar-refractivity contribution in [2.24, 2.45) is 5.10 Å². The number of hydrogen-bond donors (Lipinski definition) is 2. The summed E-state index contributed by atoms with van der Waals surface area (Å²) in [6.07, 6.45) is 1.51. The van der Waals surface area contributed by atoms with Gasteiger partial charge in [-0.15, -0.1) is 4.68 Å². The highest BCUT2D eigenvalue weighted by Crippen LogP contribution is 2.22. The Morgan fingerprint density at radius 2 is 1.68 bits per heavy atom. The van der Waals surface area contributed by atoms with Gasteiger partial charge in [0.05, 0.1) is 17.1 Å². The molecule has 9 heteroatoms. The van der Waals surface area contributed by atoms with Gasteiger partial charge in [-0.25, -0.2) is 4.79 Å². The maximum atomic E-state index is 12.8. The first kappa shape index (κ1) is 24.5. The van der Waals surface area contributed by atoms with E-state index >= 15 is 0 Å². The molecule has 2 heterocycles. The number of anilines is 1. The number of nitrogens with one attached hydrogen (secondary N) is 2. The number of H-pyrrole nitrogens is 1. The predicted molar refractivity (Wildman–Crippen MR) is 148 cm³/mol. The summed E-state index contributed by atoms with van der Waals surface area (Å²) >= 11 is 0. The zero-order valence-electron chi connectivity index (χ0n) is 20.8. The molecule has 0 aliphatic heterocycles. The van der Waals surface area contributed by atoms with Crippen molar-refractivity contribution in [1.82, 2.24) is 14.2 Å². The number of aryl methyl sites for hydroxylation is 1. The number of aromatic nitrogens is 3. The summed E-state index contributed by atoms with van der Waals surface area (Å²) in [4.78, 5) is 40.0. The van der Waals surface area contributed by atoms with Crippen LogP contribution < -0.4 is 21.3 Å². The number of amides is 1. The number of rotatable bonds is 7. The molecule has 0 radical (unpaired) electrons. The SMILES string of the molecule is Cc1cc(C=Nn2c(=O)[nH]c3ccccc3c2=O)c(C)n1-c1ccc(OCC(=O)Nc2ccccc2)cc1. The Kier molecular flexibility index (Phi) is 6.73. The van der Waals surface area contributed by atoms with E-state index in [0.717, 1.165) is 27.3 Å². The highest BCUT2D eigenvalue weighted by atomic mass is 16.5. The molecule has 2 N–H and O–H groups in total. The van der Waals surface area contributed by atoms with Crippen LogP contribution in [-0.2, 0) is 4.79 Å². The number of nitrogens with zero attached hydrogens (tertiary/aromatic N) is 3. The zero-order valence-corrected chi connectivity index (χ0v) is 20.8. The first-order valence-electron chi connectivity index (χ1n) is 12.0. The van der Waals surface area contributed by atoms with Crippen LogP contribution in [0.25, 0.3) is 16.6 Å². The molecule has 5 rings (SSSR count). The van der Waals surface area contributed by atoms with Crippen LogP contribution in [0.3, 0.4) is 0 Å². The smallest absolute Gasteiger partial charge is 0.349 e. The molecule has 0 spiro atoms.